The number of rotatable bonds is 4. The van der Waals surface area contributed by atoms with Crippen molar-refractivity contribution in [3.8, 4) is 11.8 Å². The van der Waals surface area contributed by atoms with E-state index >= 15 is 0 Å². The van der Waals surface area contributed by atoms with Crippen LogP contribution in [0.2, 0.25) is 0 Å². The zero-order valence-electron chi connectivity index (χ0n) is 8.64. The maximum Gasteiger partial charge on any atom is 0.322 e. The highest BCUT2D eigenvalue weighted by Crippen LogP contribution is 2.17. The summed E-state index contributed by atoms with van der Waals surface area (Å²) in [5, 5.41) is 8.81. The minimum Gasteiger partial charge on any atom is -0.490 e. The van der Waals surface area contributed by atoms with Crippen molar-refractivity contribution in [2.24, 2.45) is 0 Å². The van der Waals surface area contributed by atoms with Crippen molar-refractivity contribution < 1.29 is 14.3 Å². The number of carbonyl (C=O) groups excluding carboxylic acids is 1. The van der Waals surface area contributed by atoms with E-state index in [9.17, 15) is 4.79 Å². The maximum atomic E-state index is 11.1. The molecule has 84 valence electrons. The Morgan fingerprint density at radius 2 is 2.25 bits per heavy atom. The molecule has 0 heterocycles. The molecule has 0 amide bonds. The fourth-order valence-corrected chi connectivity index (χ4v) is 1.36. The first-order valence-corrected chi connectivity index (χ1v) is 5.44. The molecule has 0 saturated heterocycles. The first-order chi connectivity index (χ1) is 7.69. The van der Waals surface area contributed by atoms with Crippen molar-refractivity contribution in [2.45, 2.75) is 4.83 Å². The van der Waals surface area contributed by atoms with Gasteiger partial charge in [0.25, 0.3) is 0 Å². The molecule has 0 fully saturated rings. The Morgan fingerprint density at radius 3 is 2.88 bits per heavy atom. The molecule has 0 N–H and O–H groups in total. The molecule has 0 aliphatic rings. The number of halogens is 1. The Morgan fingerprint density at radius 1 is 1.56 bits per heavy atom. The Balaban J connectivity index is 2.62. The molecule has 0 aliphatic carbocycles. The Bertz CT molecular complexity index is 414. The third-order valence-corrected chi connectivity index (χ3v) is 2.49. The highest BCUT2D eigenvalue weighted by molar-refractivity contribution is 9.10. The van der Waals surface area contributed by atoms with Crippen molar-refractivity contribution >= 4 is 21.9 Å². The van der Waals surface area contributed by atoms with Gasteiger partial charge in [0.2, 0.25) is 0 Å². The maximum absolute atomic E-state index is 11.1. The molecular weight excluding hydrogens is 274 g/mol. The van der Waals surface area contributed by atoms with Gasteiger partial charge in [-0.2, -0.15) is 5.26 Å². The first-order valence-electron chi connectivity index (χ1n) is 4.53. The molecule has 0 aromatic heterocycles. The minimum atomic E-state index is -0.538. The van der Waals surface area contributed by atoms with Crippen LogP contribution in [0.1, 0.15) is 5.56 Å². The summed E-state index contributed by atoms with van der Waals surface area (Å²) < 4.78 is 9.87. The van der Waals surface area contributed by atoms with Crippen LogP contribution in [0, 0.1) is 11.3 Å². The minimum absolute atomic E-state index is 0.116. The Labute approximate surface area is 102 Å². The number of para-hydroxylation sites is 1. The van der Waals surface area contributed by atoms with Crippen LogP contribution in [0.15, 0.2) is 24.3 Å². The average Bonchev–Trinajstić information content (AvgIpc) is 2.35. The van der Waals surface area contributed by atoms with Crippen molar-refractivity contribution in [1.29, 1.82) is 5.26 Å². The highest BCUT2D eigenvalue weighted by Gasteiger charge is 2.16. The summed E-state index contributed by atoms with van der Waals surface area (Å²) in [5.41, 5.74) is 0.437. The molecule has 0 spiro atoms. The molecule has 0 aliphatic heterocycles. The fraction of sp³-hybridized carbons (Fsp3) is 0.273. The lowest BCUT2D eigenvalue weighted by Gasteiger charge is -2.10. The second kappa shape index (κ2) is 6.13. The lowest BCUT2D eigenvalue weighted by Crippen LogP contribution is -2.23. The van der Waals surface area contributed by atoms with Gasteiger partial charge in [-0.05, 0) is 12.1 Å². The third kappa shape index (κ3) is 3.24. The van der Waals surface area contributed by atoms with Crippen molar-refractivity contribution in [2.75, 3.05) is 13.7 Å². The quantitative estimate of drug-likeness (QED) is 0.625. The fourth-order valence-electron chi connectivity index (χ4n) is 1.04. The largest absolute Gasteiger partial charge is 0.490 e. The van der Waals surface area contributed by atoms with Crippen LogP contribution in [-0.4, -0.2) is 24.5 Å². The van der Waals surface area contributed by atoms with E-state index in [-0.39, 0.29) is 6.61 Å². The van der Waals surface area contributed by atoms with Crippen LogP contribution >= 0.6 is 15.9 Å². The summed E-state index contributed by atoms with van der Waals surface area (Å²) in [4.78, 5) is 10.5. The van der Waals surface area contributed by atoms with Gasteiger partial charge in [0.15, 0.2) is 0 Å². The standard InChI is InChI=1S/C11H10BrNO3/c1-15-11(14)9(12)7-16-10-5-3-2-4-8(10)6-13/h2-5,9H,7H2,1H3. The molecule has 16 heavy (non-hydrogen) atoms. The van der Waals surface area contributed by atoms with Crippen molar-refractivity contribution in [3.05, 3.63) is 29.8 Å². The topological polar surface area (TPSA) is 59.3 Å². The van der Waals surface area contributed by atoms with Crippen LogP contribution in [0.4, 0.5) is 0 Å². The van der Waals surface area contributed by atoms with Crippen LogP contribution in [-0.2, 0) is 9.53 Å². The van der Waals surface area contributed by atoms with Crippen molar-refractivity contribution in [1.82, 2.24) is 0 Å². The predicted molar refractivity (Wildman–Crippen MR) is 61.4 cm³/mol. The monoisotopic (exact) mass is 283 g/mol. The number of carbonyl (C=O) groups is 1. The number of ether oxygens (including phenoxy) is 2. The molecule has 1 aromatic carbocycles. The predicted octanol–water partition coefficient (Wildman–Crippen LogP) is 1.87. The number of nitrogens with zero attached hydrogens (tertiary/aromatic N) is 1. The van der Waals surface area contributed by atoms with Gasteiger partial charge in [-0.1, -0.05) is 28.1 Å². The van der Waals surface area contributed by atoms with E-state index in [2.05, 4.69) is 20.7 Å². The van der Waals surface area contributed by atoms with Gasteiger partial charge in [-0.3, -0.25) is 4.79 Å². The van der Waals surface area contributed by atoms with Gasteiger partial charge in [-0.25, -0.2) is 0 Å². The van der Waals surface area contributed by atoms with Crippen molar-refractivity contribution in [3.63, 3.8) is 0 Å². The van der Waals surface area contributed by atoms with E-state index < -0.39 is 10.8 Å². The summed E-state index contributed by atoms with van der Waals surface area (Å²) >= 11 is 3.12. The lowest BCUT2D eigenvalue weighted by atomic mass is 10.2. The molecule has 1 aromatic rings. The van der Waals surface area contributed by atoms with Crippen LogP contribution in [0.3, 0.4) is 0 Å². The molecule has 0 radical (unpaired) electrons. The molecule has 1 rings (SSSR count). The summed E-state index contributed by atoms with van der Waals surface area (Å²) in [5.74, 6) is 0.0489. The first kappa shape index (κ1) is 12.5. The number of benzene rings is 1. The Kier molecular flexibility index (Phi) is 4.80. The normalized spacial score (nSPS) is 11.3. The zero-order valence-corrected chi connectivity index (χ0v) is 10.2. The van der Waals surface area contributed by atoms with E-state index in [1.54, 1.807) is 24.3 Å². The van der Waals surface area contributed by atoms with Gasteiger partial charge in [0, 0.05) is 0 Å². The Hall–Kier alpha value is -1.54. The highest BCUT2D eigenvalue weighted by atomic mass is 79.9. The second-order valence-electron chi connectivity index (χ2n) is 2.91. The molecule has 1 unspecified atom stereocenters. The van der Waals surface area contributed by atoms with Crippen LogP contribution < -0.4 is 4.74 Å². The summed E-state index contributed by atoms with van der Waals surface area (Å²) in [6.07, 6.45) is 0. The van der Waals surface area contributed by atoms with E-state index in [4.69, 9.17) is 10.00 Å². The number of hydrogen-bond acceptors (Lipinski definition) is 4. The van der Waals surface area contributed by atoms with E-state index in [1.165, 1.54) is 7.11 Å². The van der Waals surface area contributed by atoms with Gasteiger partial charge in [0.05, 0.1) is 12.7 Å². The van der Waals surface area contributed by atoms with Gasteiger partial charge in [-0.15, -0.1) is 0 Å². The zero-order chi connectivity index (χ0) is 12.0. The summed E-state index contributed by atoms with van der Waals surface area (Å²) in [7, 11) is 1.31. The molecular formula is C11H10BrNO3. The van der Waals surface area contributed by atoms with Crippen LogP contribution in [0.25, 0.3) is 0 Å². The second-order valence-corrected chi connectivity index (χ2v) is 4.01. The summed E-state index contributed by atoms with van der Waals surface area (Å²) in [6.45, 7) is 0.116. The number of esters is 1. The summed E-state index contributed by atoms with van der Waals surface area (Å²) in [6, 6.07) is 8.84. The van der Waals surface area contributed by atoms with E-state index in [0.29, 0.717) is 11.3 Å². The molecule has 5 heteroatoms. The number of nitriles is 1. The molecule has 0 bridgehead atoms. The van der Waals surface area contributed by atoms with E-state index in [1.807, 2.05) is 6.07 Å². The van der Waals surface area contributed by atoms with Gasteiger partial charge >= 0.3 is 5.97 Å². The number of hydrogen-bond donors (Lipinski definition) is 0. The average molecular weight is 284 g/mol. The number of methoxy groups -OCH3 is 1. The molecule has 0 saturated carbocycles. The smallest absolute Gasteiger partial charge is 0.322 e. The molecule has 4 nitrogen and oxygen atoms in total. The third-order valence-electron chi connectivity index (χ3n) is 1.85. The number of alkyl halides is 1. The molecule has 1 atom stereocenters. The van der Waals surface area contributed by atoms with E-state index in [0.717, 1.165) is 0 Å². The SMILES string of the molecule is COC(=O)C(Br)COc1ccccc1C#N. The van der Waals surface area contributed by atoms with Gasteiger partial charge in [0.1, 0.15) is 23.3 Å². The van der Waals surface area contributed by atoms with Crippen LogP contribution in [0.5, 0.6) is 5.75 Å². The lowest BCUT2D eigenvalue weighted by molar-refractivity contribution is -0.140. The van der Waals surface area contributed by atoms with Gasteiger partial charge < -0.3 is 9.47 Å².